The molecule has 0 aliphatic carbocycles. The zero-order valence-corrected chi connectivity index (χ0v) is 18.5. The second-order valence-electron chi connectivity index (χ2n) is 6.56. The molecule has 1 amide bonds. The van der Waals surface area contributed by atoms with Crippen LogP contribution >= 0.6 is 12.2 Å². The minimum Gasteiger partial charge on any atom is -0.496 e. The van der Waals surface area contributed by atoms with Crippen LogP contribution in [0.15, 0.2) is 59.5 Å². The van der Waals surface area contributed by atoms with Gasteiger partial charge in [-0.3, -0.25) is 10.1 Å². The lowest BCUT2D eigenvalue weighted by atomic mass is 10.2. The topological polar surface area (TPSA) is 97.0 Å². The van der Waals surface area contributed by atoms with Crippen molar-refractivity contribution in [1.82, 2.24) is 9.62 Å². The summed E-state index contributed by atoms with van der Waals surface area (Å²) in [4.78, 5) is 12.3. The number of thiocarbonyl (C=S) groups is 1. The molecule has 0 bridgehead atoms. The molecule has 1 saturated heterocycles. The Labute approximate surface area is 186 Å². The Morgan fingerprint density at radius 3 is 2.48 bits per heavy atom. The molecule has 0 atom stereocenters. The highest BCUT2D eigenvalue weighted by molar-refractivity contribution is 7.89. The van der Waals surface area contributed by atoms with Crippen LogP contribution in [0.2, 0.25) is 0 Å². The number of morpholine rings is 1. The first-order valence-electron chi connectivity index (χ1n) is 9.51. The number of amides is 1. The van der Waals surface area contributed by atoms with E-state index in [1.807, 2.05) is 18.2 Å². The first kappa shape index (κ1) is 22.9. The first-order valence-corrected chi connectivity index (χ1v) is 11.4. The largest absolute Gasteiger partial charge is 0.496 e. The highest BCUT2D eigenvalue weighted by atomic mass is 32.2. The van der Waals surface area contributed by atoms with Crippen LogP contribution in [0.1, 0.15) is 5.56 Å². The van der Waals surface area contributed by atoms with E-state index in [2.05, 4.69) is 10.6 Å². The summed E-state index contributed by atoms with van der Waals surface area (Å²) in [5.41, 5.74) is 1.32. The van der Waals surface area contributed by atoms with E-state index in [1.54, 1.807) is 31.4 Å². The van der Waals surface area contributed by atoms with Gasteiger partial charge in [-0.25, -0.2) is 8.42 Å². The zero-order chi connectivity index (χ0) is 22.3. The predicted molar refractivity (Wildman–Crippen MR) is 122 cm³/mol. The summed E-state index contributed by atoms with van der Waals surface area (Å²) in [6, 6.07) is 13.5. The van der Waals surface area contributed by atoms with Gasteiger partial charge in [-0.2, -0.15) is 4.31 Å². The van der Waals surface area contributed by atoms with Gasteiger partial charge in [-0.05, 0) is 48.6 Å². The Kier molecular flexibility index (Phi) is 7.75. The fourth-order valence-electron chi connectivity index (χ4n) is 2.93. The second kappa shape index (κ2) is 10.5. The van der Waals surface area contributed by atoms with Crippen LogP contribution in [-0.4, -0.2) is 57.2 Å². The van der Waals surface area contributed by atoms with Crippen molar-refractivity contribution in [2.75, 3.05) is 38.7 Å². The smallest absolute Gasteiger partial charge is 0.250 e. The molecular weight excluding hydrogens is 438 g/mol. The number of carbonyl (C=O) groups excluding carboxylic acids is 1. The molecule has 0 spiro atoms. The summed E-state index contributed by atoms with van der Waals surface area (Å²) in [5, 5.41) is 5.51. The maximum atomic E-state index is 12.7. The lowest BCUT2D eigenvalue weighted by Gasteiger charge is -2.26. The van der Waals surface area contributed by atoms with E-state index in [4.69, 9.17) is 21.7 Å². The molecule has 8 nitrogen and oxygen atoms in total. The molecule has 31 heavy (non-hydrogen) atoms. The van der Waals surface area contributed by atoms with Crippen LogP contribution in [0.4, 0.5) is 5.69 Å². The molecule has 3 rings (SSSR count). The first-order chi connectivity index (χ1) is 14.9. The van der Waals surface area contributed by atoms with E-state index in [-0.39, 0.29) is 10.0 Å². The van der Waals surface area contributed by atoms with Gasteiger partial charge in [0.2, 0.25) is 15.9 Å². The number of para-hydroxylation sites is 1. The van der Waals surface area contributed by atoms with E-state index < -0.39 is 15.9 Å². The van der Waals surface area contributed by atoms with Gasteiger partial charge in [-0.15, -0.1) is 0 Å². The Bertz CT molecular complexity index is 1060. The van der Waals surface area contributed by atoms with Crippen molar-refractivity contribution in [2.45, 2.75) is 4.90 Å². The maximum Gasteiger partial charge on any atom is 0.250 e. The average Bonchev–Trinajstić information content (AvgIpc) is 2.78. The summed E-state index contributed by atoms with van der Waals surface area (Å²) in [5.74, 6) is 0.245. The van der Waals surface area contributed by atoms with Crippen molar-refractivity contribution in [3.63, 3.8) is 0 Å². The van der Waals surface area contributed by atoms with Crippen molar-refractivity contribution in [3.05, 3.63) is 60.2 Å². The minimum absolute atomic E-state index is 0.0958. The number of sulfonamides is 1. The number of rotatable bonds is 6. The third kappa shape index (κ3) is 6.11. The highest BCUT2D eigenvalue weighted by Gasteiger charge is 2.26. The van der Waals surface area contributed by atoms with Gasteiger partial charge in [0.25, 0.3) is 0 Å². The van der Waals surface area contributed by atoms with Gasteiger partial charge in [0.05, 0.1) is 25.2 Å². The molecule has 164 valence electrons. The third-order valence-corrected chi connectivity index (χ3v) is 6.63. The van der Waals surface area contributed by atoms with Crippen molar-refractivity contribution >= 4 is 45.0 Å². The number of benzene rings is 2. The molecule has 2 aromatic rings. The number of methoxy groups -OCH3 is 1. The number of hydrogen-bond donors (Lipinski definition) is 2. The lowest BCUT2D eigenvalue weighted by molar-refractivity contribution is -0.115. The van der Waals surface area contributed by atoms with Gasteiger partial charge in [-0.1, -0.05) is 18.2 Å². The van der Waals surface area contributed by atoms with E-state index in [0.717, 1.165) is 5.56 Å². The molecule has 0 aromatic heterocycles. The monoisotopic (exact) mass is 461 g/mol. The van der Waals surface area contributed by atoms with Gasteiger partial charge < -0.3 is 14.8 Å². The zero-order valence-electron chi connectivity index (χ0n) is 16.9. The van der Waals surface area contributed by atoms with Crippen molar-refractivity contribution in [1.29, 1.82) is 0 Å². The van der Waals surface area contributed by atoms with E-state index in [0.29, 0.717) is 37.7 Å². The molecule has 1 aliphatic heterocycles. The molecule has 1 heterocycles. The number of ether oxygens (including phenoxy) is 2. The maximum absolute atomic E-state index is 12.7. The van der Waals surface area contributed by atoms with Gasteiger partial charge in [0, 0.05) is 30.4 Å². The number of hydrogen-bond acceptors (Lipinski definition) is 6. The molecule has 0 radical (unpaired) electrons. The Morgan fingerprint density at radius 2 is 1.81 bits per heavy atom. The summed E-state index contributed by atoms with van der Waals surface area (Å²) in [6.07, 6.45) is 2.98. The highest BCUT2D eigenvalue weighted by Crippen LogP contribution is 2.20. The summed E-state index contributed by atoms with van der Waals surface area (Å²) in [6.45, 7) is 1.44. The average molecular weight is 462 g/mol. The van der Waals surface area contributed by atoms with Crippen molar-refractivity contribution in [3.8, 4) is 5.75 Å². The molecule has 0 saturated carbocycles. The summed E-state index contributed by atoms with van der Waals surface area (Å²) >= 11 is 5.16. The molecular formula is C21H23N3O5S2. The van der Waals surface area contributed by atoms with Crippen LogP contribution < -0.4 is 15.4 Å². The third-order valence-electron chi connectivity index (χ3n) is 4.51. The van der Waals surface area contributed by atoms with Crippen LogP contribution in [-0.2, 0) is 19.6 Å². The standard InChI is InChI=1S/C21H23N3O5S2/c1-28-19-5-3-2-4-16(19)6-11-20(25)23-21(30)22-17-7-9-18(10-8-17)31(26,27)24-12-14-29-15-13-24/h2-11H,12-15H2,1H3,(H2,22,23,25,30)/b11-6+. The Morgan fingerprint density at radius 1 is 1.13 bits per heavy atom. The van der Waals surface area contributed by atoms with Gasteiger partial charge in [0.1, 0.15) is 5.75 Å². The van der Waals surface area contributed by atoms with E-state index in [1.165, 1.54) is 22.5 Å². The second-order valence-corrected chi connectivity index (χ2v) is 8.91. The number of anilines is 1. The fraction of sp³-hybridized carbons (Fsp3) is 0.238. The molecule has 0 unspecified atom stereocenters. The molecule has 1 aliphatic rings. The quantitative estimate of drug-likeness (QED) is 0.503. The van der Waals surface area contributed by atoms with Crippen LogP contribution in [0.3, 0.4) is 0 Å². The van der Waals surface area contributed by atoms with Crippen molar-refractivity contribution < 1.29 is 22.7 Å². The molecule has 2 aromatic carbocycles. The normalized spacial score (nSPS) is 14.9. The van der Waals surface area contributed by atoms with Crippen molar-refractivity contribution in [2.24, 2.45) is 0 Å². The minimum atomic E-state index is -3.56. The van der Waals surface area contributed by atoms with E-state index in [9.17, 15) is 13.2 Å². The SMILES string of the molecule is COc1ccccc1/C=C/C(=O)NC(=S)Nc1ccc(S(=O)(=O)N2CCOCC2)cc1. The summed E-state index contributed by atoms with van der Waals surface area (Å²) < 4.78 is 37.1. The van der Waals surface area contributed by atoms with Crippen LogP contribution in [0.25, 0.3) is 6.08 Å². The number of nitrogens with zero attached hydrogens (tertiary/aromatic N) is 1. The summed E-state index contributed by atoms with van der Waals surface area (Å²) in [7, 11) is -2.00. The molecule has 2 N–H and O–H groups in total. The Hall–Kier alpha value is -2.79. The lowest BCUT2D eigenvalue weighted by Crippen LogP contribution is -2.40. The van der Waals surface area contributed by atoms with Gasteiger partial charge >= 0.3 is 0 Å². The predicted octanol–water partition coefficient (Wildman–Crippen LogP) is 2.24. The number of carbonyl (C=O) groups is 1. The number of nitrogens with one attached hydrogen (secondary N) is 2. The van der Waals surface area contributed by atoms with Crippen LogP contribution in [0.5, 0.6) is 5.75 Å². The Balaban J connectivity index is 1.57. The van der Waals surface area contributed by atoms with E-state index >= 15 is 0 Å². The molecule has 10 heteroatoms. The van der Waals surface area contributed by atoms with Crippen LogP contribution in [0, 0.1) is 0 Å². The van der Waals surface area contributed by atoms with Gasteiger partial charge in [0.15, 0.2) is 5.11 Å². The fourth-order valence-corrected chi connectivity index (χ4v) is 4.56. The molecule has 1 fully saturated rings.